The van der Waals surface area contributed by atoms with E-state index in [0.29, 0.717) is 0 Å². The van der Waals surface area contributed by atoms with Crippen molar-refractivity contribution in [1.82, 2.24) is 0 Å². The fourth-order valence-electron chi connectivity index (χ4n) is 2.42. The fourth-order valence-corrected chi connectivity index (χ4v) is 2.88. The second-order valence-corrected chi connectivity index (χ2v) is 5.20. The van der Waals surface area contributed by atoms with Gasteiger partial charge < -0.3 is 5.73 Å². The van der Waals surface area contributed by atoms with Crippen LogP contribution in [0.3, 0.4) is 0 Å². The molecule has 82 valence electrons. The Labute approximate surface area is 96.4 Å². The summed E-state index contributed by atoms with van der Waals surface area (Å²) >= 11 is 1.83. The van der Waals surface area contributed by atoms with E-state index in [0.717, 1.165) is 12.5 Å². The highest BCUT2D eigenvalue weighted by molar-refractivity contribution is 7.98. The summed E-state index contributed by atoms with van der Waals surface area (Å²) in [7, 11) is 0. The van der Waals surface area contributed by atoms with Crippen molar-refractivity contribution in [3.05, 3.63) is 29.3 Å². The van der Waals surface area contributed by atoms with Gasteiger partial charge in [-0.1, -0.05) is 6.07 Å². The van der Waals surface area contributed by atoms with Crippen molar-refractivity contribution in [3.8, 4) is 0 Å². The molecule has 0 amide bonds. The highest BCUT2D eigenvalue weighted by Gasteiger charge is 2.17. The van der Waals surface area contributed by atoms with Gasteiger partial charge in [-0.15, -0.1) is 11.8 Å². The van der Waals surface area contributed by atoms with Crippen molar-refractivity contribution in [1.29, 1.82) is 0 Å². The van der Waals surface area contributed by atoms with Crippen LogP contribution in [0.4, 0.5) is 0 Å². The molecule has 15 heavy (non-hydrogen) atoms. The maximum atomic E-state index is 5.62. The number of hydrogen-bond acceptors (Lipinski definition) is 2. The summed E-state index contributed by atoms with van der Waals surface area (Å²) in [6.07, 6.45) is 7.13. The average molecular weight is 221 g/mol. The second kappa shape index (κ2) is 5.04. The number of aryl methyl sites for hydroxylation is 1. The van der Waals surface area contributed by atoms with Crippen LogP contribution in [-0.2, 0) is 12.8 Å². The van der Waals surface area contributed by atoms with Crippen LogP contribution in [0, 0.1) is 5.92 Å². The van der Waals surface area contributed by atoms with Crippen molar-refractivity contribution in [2.45, 2.75) is 30.6 Å². The molecule has 0 bridgehead atoms. The Kier molecular flexibility index (Phi) is 3.71. The normalized spacial score (nSPS) is 20.0. The standard InChI is InChI=1S/C13H19NS/c1-15-13-5-4-11-8-10(6-7-14)2-3-12(11)9-13/h4-5,9-10H,2-3,6-8,14H2,1H3. The van der Waals surface area contributed by atoms with Gasteiger partial charge >= 0.3 is 0 Å². The lowest BCUT2D eigenvalue weighted by molar-refractivity contribution is 0.432. The number of hydrogen-bond donors (Lipinski definition) is 1. The van der Waals surface area contributed by atoms with E-state index in [9.17, 15) is 0 Å². The third-order valence-corrected chi connectivity index (χ3v) is 4.04. The molecule has 0 fully saturated rings. The van der Waals surface area contributed by atoms with E-state index in [1.807, 2.05) is 11.8 Å². The molecule has 2 N–H and O–H groups in total. The number of fused-ring (bicyclic) bond motifs is 1. The van der Waals surface area contributed by atoms with Crippen LogP contribution in [0.25, 0.3) is 0 Å². The molecule has 0 radical (unpaired) electrons. The lowest BCUT2D eigenvalue weighted by atomic mass is 9.82. The monoisotopic (exact) mass is 221 g/mol. The minimum absolute atomic E-state index is 0.822. The van der Waals surface area contributed by atoms with Gasteiger partial charge in [-0.25, -0.2) is 0 Å². The molecule has 0 aromatic heterocycles. The summed E-state index contributed by atoms with van der Waals surface area (Å²) in [6, 6.07) is 6.91. The second-order valence-electron chi connectivity index (χ2n) is 4.32. The van der Waals surface area contributed by atoms with E-state index in [4.69, 9.17) is 5.73 Å². The Balaban J connectivity index is 2.13. The van der Waals surface area contributed by atoms with Crippen molar-refractivity contribution in [3.63, 3.8) is 0 Å². The van der Waals surface area contributed by atoms with Gasteiger partial charge in [-0.2, -0.15) is 0 Å². The highest BCUT2D eigenvalue weighted by Crippen LogP contribution is 2.29. The molecule has 0 saturated carbocycles. The number of benzene rings is 1. The zero-order valence-corrected chi connectivity index (χ0v) is 10.1. The molecule has 1 nitrogen and oxygen atoms in total. The largest absolute Gasteiger partial charge is 0.330 e. The summed E-state index contributed by atoms with van der Waals surface area (Å²) in [5.74, 6) is 0.822. The van der Waals surface area contributed by atoms with Gasteiger partial charge in [0.15, 0.2) is 0 Å². The first-order valence-corrected chi connectivity index (χ1v) is 6.92. The van der Waals surface area contributed by atoms with Crippen molar-refractivity contribution >= 4 is 11.8 Å². The first-order chi connectivity index (χ1) is 7.33. The molecule has 2 rings (SSSR count). The van der Waals surface area contributed by atoms with Crippen LogP contribution in [0.1, 0.15) is 24.0 Å². The van der Waals surface area contributed by atoms with Gasteiger partial charge in [0.2, 0.25) is 0 Å². The Morgan fingerprint density at radius 2 is 2.27 bits per heavy atom. The minimum Gasteiger partial charge on any atom is -0.330 e. The van der Waals surface area contributed by atoms with E-state index in [1.165, 1.54) is 30.6 Å². The highest BCUT2D eigenvalue weighted by atomic mass is 32.2. The summed E-state index contributed by atoms with van der Waals surface area (Å²) in [5, 5.41) is 0. The molecule has 1 aromatic carbocycles. The first-order valence-electron chi connectivity index (χ1n) is 5.69. The molecule has 0 aliphatic heterocycles. The molecule has 1 unspecified atom stereocenters. The van der Waals surface area contributed by atoms with Crippen LogP contribution in [0.5, 0.6) is 0 Å². The maximum absolute atomic E-state index is 5.62. The zero-order valence-electron chi connectivity index (χ0n) is 9.33. The molecular weight excluding hydrogens is 202 g/mol. The average Bonchev–Trinajstić information content (AvgIpc) is 2.29. The van der Waals surface area contributed by atoms with Crippen LogP contribution >= 0.6 is 11.8 Å². The van der Waals surface area contributed by atoms with Gasteiger partial charge in [-0.05, 0) is 67.7 Å². The van der Waals surface area contributed by atoms with Gasteiger partial charge in [0.05, 0.1) is 0 Å². The molecule has 1 aliphatic rings. The van der Waals surface area contributed by atoms with E-state index in [2.05, 4.69) is 24.5 Å². The topological polar surface area (TPSA) is 26.0 Å². The van der Waals surface area contributed by atoms with E-state index < -0.39 is 0 Å². The Morgan fingerprint density at radius 1 is 1.40 bits per heavy atom. The lowest BCUT2D eigenvalue weighted by Gasteiger charge is -2.24. The Bertz CT molecular complexity index is 335. The SMILES string of the molecule is CSc1ccc2c(c1)CCC(CCN)C2. The molecule has 0 spiro atoms. The number of thioether (sulfide) groups is 1. The van der Waals surface area contributed by atoms with Gasteiger partial charge in [0.25, 0.3) is 0 Å². The van der Waals surface area contributed by atoms with Crippen LogP contribution in [0.15, 0.2) is 23.1 Å². The number of nitrogens with two attached hydrogens (primary N) is 1. The predicted octanol–water partition coefficient (Wildman–Crippen LogP) is 2.86. The molecule has 1 aliphatic carbocycles. The molecule has 2 heteroatoms. The van der Waals surface area contributed by atoms with Gasteiger partial charge in [-0.3, -0.25) is 0 Å². The summed E-state index contributed by atoms with van der Waals surface area (Å²) in [4.78, 5) is 1.39. The van der Waals surface area contributed by atoms with Crippen LogP contribution in [0.2, 0.25) is 0 Å². The lowest BCUT2D eigenvalue weighted by Crippen LogP contribution is -2.17. The summed E-state index contributed by atoms with van der Waals surface area (Å²) in [5.41, 5.74) is 8.74. The Hall–Kier alpha value is -0.470. The van der Waals surface area contributed by atoms with Crippen molar-refractivity contribution < 1.29 is 0 Å². The van der Waals surface area contributed by atoms with Crippen LogP contribution < -0.4 is 5.73 Å². The van der Waals surface area contributed by atoms with E-state index in [-0.39, 0.29) is 0 Å². The summed E-state index contributed by atoms with van der Waals surface area (Å²) < 4.78 is 0. The molecule has 0 heterocycles. The zero-order chi connectivity index (χ0) is 10.7. The first kappa shape index (κ1) is 11.0. The van der Waals surface area contributed by atoms with E-state index >= 15 is 0 Å². The predicted molar refractivity (Wildman–Crippen MR) is 67.4 cm³/mol. The minimum atomic E-state index is 0.822. The van der Waals surface area contributed by atoms with Crippen molar-refractivity contribution in [2.75, 3.05) is 12.8 Å². The molecule has 1 aromatic rings. The Morgan fingerprint density at radius 3 is 3.00 bits per heavy atom. The molecule has 1 atom stereocenters. The quantitative estimate of drug-likeness (QED) is 0.794. The van der Waals surface area contributed by atoms with E-state index in [1.54, 1.807) is 11.1 Å². The molecular formula is C13H19NS. The smallest absolute Gasteiger partial charge is 0.00720 e. The molecule has 0 saturated heterocycles. The van der Waals surface area contributed by atoms with Gasteiger partial charge in [0, 0.05) is 4.90 Å². The van der Waals surface area contributed by atoms with Crippen LogP contribution in [-0.4, -0.2) is 12.8 Å². The third-order valence-electron chi connectivity index (χ3n) is 3.32. The third kappa shape index (κ3) is 2.56. The fraction of sp³-hybridized carbons (Fsp3) is 0.538. The maximum Gasteiger partial charge on any atom is 0.00720 e. The number of rotatable bonds is 3. The summed E-state index contributed by atoms with van der Waals surface area (Å²) in [6.45, 7) is 0.836. The van der Waals surface area contributed by atoms with Gasteiger partial charge in [0.1, 0.15) is 0 Å². The van der Waals surface area contributed by atoms with Crippen molar-refractivity contribution in [2.24, 2.45) is 11.7 Å².